The van der Waals surface area contributed by atoms with E-state index >= 15 is 0 Å². The van der Waals surface area contributed by atoms with E-state index in [0.29, 0.717) is 12.0 Å². The van der Waals surface area contributed by atoms with Gasteiger partial charge in [-0.3, -0.25) is 0 Å². The summed E-state index contributed by atoms with van der Waals surface area (Å²) < 4.78 is 7.06. The van der Waals surface area contributed by atoms with Crippen LogP contribution in [0.4, 0.5) is 0 Å². The van der Waals surface area contributed by atoms with E-state index in [9.17, 15) is 0 Å². The SMILES string of the molecule is Cc1cc(Br)cc(CCN)c1OCCC(C)(C)C. The molecule has 0 saturated carbocycles. The van der Waals surface area contributed by atoms with Gasteiger partial charge in [-0.05, 0) is 55.0 Å². The summed E-state index contributed by atoms with van der Waals surface area (Å²) in [4.78, 5) is 0. The Labute approximate surface area is 119 Å². The third-order valence-electron chi connectivity index (χ3n) is 2.83. The van der Waals surface area contributed by atoms with Gasteiger partial charge >= 0.3 is 0 Å². The van der Waals surface area contributed by atoms with E-state index in [-0.39, 0.29) is 0 Å². The average Bonchev–Trinajstić information content (AvgIpc) is 2.20. The Morgan fingerprint density at radius 3 is 2.50 bits per heavy atom. The number of hydrogen-bond acceptors (Lipinski definition) is 2. The molecule has 1 aromatic carbocycles. The lowest BCUT2D eigenvalue weighted by molar-refractivity contribution is 0.240. The lowest BCUT2D eigenvalue weighted by Crippen LogP contribution is -2.13. The van der Waals surface area contributed by atoms with Gasteiger partial charge in [0.05, 0.1) is 6.61 Å². The molecule has 0 radical (unpaired) electrons. The highest BCUT2D eigenvalue weighted by Crippen LogP contribution is 2.29. The first-order chi connectivity index (χ1) is 8.33. The second kappa shape index (κ2) is 6.58. The Morgan fingerprint density at radius 1 is 1.28 bits per heavy atom. The second-order valence-electron chi connectivity index (χ2n) is 5.91. The Balaban J connectivity index is 2.80. The maximum atomic E-state index is 5.98. The number of hydrogen-bond donors (Lipinski definition) is 1. The maximum absolute atomic E-state index is 5.98. The van der Waals surface area contributed by atoms with Crippen LogP contribution in [0.2, 0.25) is 0 Å². The highest BCUT2D eigenvalue weighted by atomic mass is 79.9. The Kier molecular flexibility index (Phi) is 5.67. The van der Waals surface area contributed by atoms with Crippen molar-refractivity contribution in [2.24, 2.45) is 11.1 Å². The lowest BCUT2D eigenvalue weighted by Gasteiger charge is -2.20. The van der Waals surface area contributed by atoms with E-state index < -0.39 is 0 Å². The van der Waals surface area contributed by atoms with Gasteiger partial charge in [-0.25, -0.2) is 0 Å². The van der Waals surface area contributed by atoms with Crippen LogP contribution in [-0.2, 0) is 6.42 Å². The van der Waals surface area contributed by atoms with E-state index in [1.54, 1.807) is 0 Å². The summed E-state index contributed by atoms with van der Waals surface area (Å²) in [6, 6.07) is 4.19. The summed E-state index contributed by atoms with van der Waals surface area (Å²) in [5, 5.41) is 0. The van der Waals surface area contributed by atoms with Crippen LogP contribution in [-0.4, -0.2) is 13.2 Å². The fraction of sp³-hybridized carbons (Fsp3) is 0.600. The molecule has 2 N–H and O–H groups in total. The quantitative estimate of drug-likeness (QED) is 0.889. The second-order valence-corrected chi connectivity index (χ2v) is 6.82. The number of benzene rings is 1. The van der Waals surface area contributed by atoms with E-state index in [0.717, 1.165) is 29.7 Å². The molecule has 0 unspecified atom stereocenters. The van der Waals surface area contributed by atoms with Crippen LogP contribution in [0.15, 0.2) is 16.6 Å². The minimum atomic E-state index is 0.303. The summed E-state index contributed by atoms with van der Waals surface area (Å²) in [5.41, 5.74) is 8.32. The summed E-state index contributed by atoms with van der Waals surface area (Å²) in [5.74, 6) is 1.01. The van der Waals surface area contributed by atoms with Crippen molar-refractivity contribution < 1.29 is 4.74 Å². The summed E-state index contributed by atoms with van der Waals surface area (Å²) in [7, 11) is 0. The number of ether oxygens (including phenoxy) is 1. The lowest BCUT2D eigenvalue weighted by atomic mass is 9.93. The van der Waals surface area contributed by atoms with Crippen LogP contribution in [0.1, 0.15) is 38.3 Å². The fourth-order valence-electron chi connectivity index (χ4n) is 1.81. The molecule has 18 heavy (non-hydrogen) atoms. The molecule has 2 nitrogen and oxygen atoms in total. The first-order valence-corrected chi connectivity index (χ1v) is 7.24. The van der Waals surface area contributed by atoms with Crippen molar-refractivity contribution >= 4 is 15.9 Å². The van der Waals surface area contributed by atoms with Gasteiger partial charge in [0.1, 0.15) is 5.75 Å². The van der Waals surface area contributed by atoms with Crippen molar-refractivity contribution in [3.8, 4) is 5.75 Å². The van der Waals surface area contributed by atoms with Crippen molar-refractivity contribution in [3.05, 3.63) is 27.7 Å². The first-order valence-electron chi connectivity index (χ1n) is 6.45. The van der Waals surface area contributed by atoms with Crippen LogP contribution in [0.3, 0.4) is 0 Å². The van der Waals surface area contributed by atoms with Gasteiger partial charge in [0.2, 0.25) is 0 Å². The molecule has 0 aromatic heterocycles. The smallest absolute Gasteiger partial charge is 0.125 e. The Bertz CT molecular complexity index is 396. The van der Waals surface area contributed by atoms with Crippen molar-refractivity contribution in [2.75, 3.05) is 13.2 Å². The van der Waals surface area contributed by atoms with E-state index in [1.165, 1.54) is 11.1 Å². The minimum Gasteiger partial charge on any atom is -0.493 e. The van der Waals surface area contributed by atoms with Gasteiger partial charge in [-0.2, -0.15) is 0 Å². The first kappa shape index (κ1) is 15.5. The molecule has 0 fully saturated rings. The van der Waals surface area contributed by atoms with Gasteiger partial charge in [0, 0.05) is 4.47 Å². The molecule has 3 heteroatoms. The fourth-order valence-corrected chi connectivity index (χ4v) is 2.43. The summed E-state index contributed by atoms with van der Waals surface area (Å²) in [6.45, 7) is 10.2. The average molecular weight is 314 g/mol. The molecule has 0 amide bonds. The van der Waals surface area contributed by atoms with Crippen LogP contribution < -0.4 is 10.5 Å². The number of halogens is 1. The number of rotatable bonds is 5. The minimum absolute atomic E-state index is 0.303. The molecular formula is C15H24BrNO. The Hall–Kier alpha value is -0.540. The zero-order valence-electron chi connectivity index (χ0n) is 11.8. The number of nitrogens with two attached hydrogens (primary N) is 1. The molecule has 1 rings (SSSR count). The van der Waals surface area contributed by atoms with Crippen molar-refractivity contribution in [2.45, 2.75) is 40.5 Å². The summed E-state index contributed by atoms with van der Waals surface area (Å²) in [6.07, 6.45) is 1.90. The largest absolute Gasteiger partial charge is 0.493 e. The normalized spacial score (nSPS) is 11.7. The van der Waals surface area contributed by atoms with E-state index in [4.69, 9.17) is 10.5 Å². The topological polar surface area (TPSA) is 35.2 Å². The highest BCUT2D eigenvalue weighted by molar-refractivity contribution is 9.10. The molecular weight excluding hydrogens is 290 g/mol. The monoisotopic (exact) mass is 313 g/mol. The molecule has 0 saturated heterocycles. The predicted molar refractivity (Wildman–Crippen MR) is 81.2 cm³/mol. The van der Waals surface area contributed by atoms with Crippen LogP contribution >= 0.6 is 15.9 Å². The predicted octanol–water partition coefficient (Wildman–Crippen LogP) is 4.07. The molecule has 0 aliphatic rings. The van der Waals surface area contributed by atoms with Crippen molar-refractivity contribution in [1.29, 1.82) is 0 Å². The zero-order chi connectivity index (χ0) is 13.8. The number of aryl methyl sites for hydroxylation is 1. The van der Waals surface area contributed by atoms with Gasteiger partial charge < -0.3 is 10.5 Å². The molecule has 0 atom stereocenters. The van der Waals surface area contributed by atoms with Crippen molar-refractivity contribution in [1.82, 2.24) is 0 Å². The molecule has 0 aliphatic heterocycles. The maximum Gasteiger partial charge on any atom is 0.125 e. The molecule has 1 aromatic rings. The molecule has 0 heterocycles. The van der Waals surface area contributed by atoms with E-state index in [2.05, 4.69) is 55.8 Å². The third-order valence-corrected chi connectivity index (χ3v) is 3.29. The van der Waals surface area contributed by atoms with Crippen molar-refractivity contribution in [3.63, 3.8) is 0 Å². The van der Waals surface area contributed by atoms with Crippen LogP contribution in [0.5, 0.6) is 5.75 Å². The molecule has 102 valence electrons. The van der Waals surface area contributed by atoms with Gasteiger partial charge in [-0.1, -0.05) is 36.7 Å². The van der Waals surface area contributed by atoms with Gasteiger partial charge in [-0.15, -0.1) is 0 Å². The Morgan fingerprint density at radius 2 is 1.94 bits per heavy atom. The van der Waals surface area contributed by atoms with Crippen LogP contribution in [0, 0.1) is 12.3 Å². The highest BCUT2D eigenvalue weighted by Gasteiger charge is 2.12. The summed E-state index contributed by atoms with van der Waals surface area (Å²) >= 11 is 3.52. The van der Waals surface area contributed by atoms with Gasteiger partial charge in [0.25, 0.3) is 0 Å². The van der Waals surface area contributed by atoms with Gasteiger partial charge in [0.15, 0.2) is 0 Å². The third kappa shape index (κ3) is 4.99. The molecule has 0 aliphatic carbocycles. The van der Waals surface area contributed by atoms with E-state index in [1.807, 2.05) is 0 Å². The molecule has 0 spiro atoms. The van der Waals surface area contributed by atoms with Crippen LogP contribution in [0.25, 0.3) is 0 Å². The molecule has 0 bridgehead atoms. The standard InChI is InChI=1S/C15H24BrNO/c1-11-9-13(16)10-12(5-7-17)14(11)18-8-6-15(2,3)4/h9-10H,5-8,17H2,1-4H3. The zero-order valence-corrected chi connectivity index (χ0v) is 13.4.